The molecule has 3 unspecified atom stereocenters. The molecule has 5 nitrogen and oxygen atoms in total. The fourth-order valence-corrected chi connectivity index (χ4v) is 5.71. The summed E-state index contributed by atoms with van der Waals surface area (Å²) in [6.07, 6.45) is 4.25. The zero-order chi connectivity index (χ0) is 18.4. The first-order valence-electron chi connectivity index (χ1n) is 8.80. The molecule has 25 heavy (non-hydrogen) atoms. The van der Waals surface area contributed by atoms with Gasteiger partial charge in [0.2, 0.25) is 5.91 Å². The van der Waals surface area contributed by atoms with Gasteiger partial charge in [-0.25, -0.2) is 8.42 Å². The summed E-state index contributed by atoms with van der Waals surface area (Å²) in [5.41, 5.74) is 1.11. The van der Waals surface area contributed by atoms with Crippen LogP contribution in [0.25, 0.3) is 0 Å². The van der Waals surface area contributed by atoms with Crippen molar-refractivity contribution in [2.75, 3.05) is 11.5 Å². The van der Waals surface area contributed by atoms with Crippen LogP contribution in [0.4, 0.5) is 0 Å². The van der Waals surface area contributed by atoms with Gasteiger partial charge in [0, 0.05) is 6.04 Å². The van der Waals surface area contributed by atoms with Crippen LogP contribution in [0.5, 0.6) is 0 Å². The molecule has 0 aromatic carbocycles. The molecule has 1 saturated heterocycles. The van der Waals surface area contributed by atoms with Crippen molar-refractivity contribution in [2.24, 2.45) is 17.3 Å². The predicted octanol–water partition coefficient (Wildman–Crippen LogP) is 3.03. The summed E-state index contributed by atoms with van der Waals surface area (Å²) in [6, 6.07) is 3.36. The third kappa shape index (κ3) is 3.68. The van der Waals surface area contributed by atoms with Gasteiger partial charge in [-0.15, -0.1) is 0 Å². The number of amides is 1. The highest BCUT2D eigenvalue weighted by molar-refractivity contribution is 7.91. The number of carbonyl (C=O) groups excluding carboxylic acids is 1. The van der Waals surface area contributed by atoms with Crippen LogP contribution in [-0.2, 0) is 21.2 Å². The van der Waals surface area contributed by atoms with E-state index in [-0.39, 0.29) is 40.7 Å². The average Bonchev–Trinajstić information content (AvgIpc) is 2.93. The molecule has 0 spiro atoms. The van der Waals surface area contributed by atoms with E-state index in [1.807, 2.05) is 19.9 Å². The third-order valence-corrected chi connectivity index (χ3v) is 7.28. The van der Waals surface area contributed by atoms with E-state index in [0.29, 0.717) is 18.7 Å². The van der Waals surface area contributed by atoms with E-state index in [9.17, 15) is 13.2 Å². The van der Waals surface area contributed by atoms with Crippen molar-refractivity contribution in [3.63, 3.8) is 0 Å². The molecule has 1 amide bonds. The monoisotopic (exact) mass is 365 g/mol. The highest BCUT2D eigenvalue weighted by Gasteiger charge is 2.61. The first-order chi connectivity index (χ1) is 11.6. The van der Waals surface area contributed by atoms with Crippen molar-refractivity contribution in [1.82, 2.24) is 4.90 Å². The van der Waals surface area contributed by atoms with E-state index in [1.165, 1.54) is 5.57 Å². The van der Waals surface area contributed by atoms with Gasteiger partial charge in [0.15, 0.2) is 9.84 Å². The second-order valence-electron chi connectivity index (χ2n) is 8.17. The van der Waals surface area contributed by atoms with E-state index in [1.54, 1.807) is 17.2 Å². The van der Waals surface area contributed by atoms with Crippen LogP contribution in [-0.4, -0.2) is 36.8 Å². The molecular weight excluding hydrogens is 338 g/mol. The molecule has 0 N–H and O–H groups in total. The summed E-state index contributed by atoms with van der Waals surface area (Å²) >= 11 is 0. The van der Waals surface area contributed by atoms with Crippen molar-refractivity contribution in [2.45, 2.75) is 46.7 Å². The predicted molar refractivity (Wildman–Crippen MR) is 96.5 cm³/mol. The molecule has 0 bridgehead atoms. The second-order valence-corrected chi connectivity index (χ2v) is 10.4. The molecule has 1 aromatic heterocycles. The summed E-state index contributed by atoms with van der Waals surface area (Å²) < 4.78 is 29.3. The molecule has 138 valence electrons. The fourth-order valence-electron chi connectivity index (χ4n) is 3.98. The minimum Gasteiger partial charge on any atom is -0.467 e. The second kappa shape index (κ2) is 6.31. The van der Waals surface area contributed by atoms with Crippen LogP contribution in [0.15, 0.2) is 34.5 Å². The van der Waals surface area contributed by atoms with Gasteiger partial charge in [0.05, 0.1) is 30.2 Å². The fraction of sp³-hybridized carbons (Fsp3) is 0.632. The zero-order valence-electron chi connectivity index (χ0n) is 15.4. The van der Waals surface area contributed by atoms with E-state index in [4.69, 9.17) is 4.42 Å². The van der Waals surface area contributed by atoms with Gasteiger partial charge in [-0.05, 0) is 43.7 Å². The minimum absolute atomic E-state index is 0.0472. The maximum Gasteiger partial charge on any atom is 0.227 e. The van der Waals surface area contributed by atoms with Crippen LogP contribution in [0.1, 0.15) is 39.9 Å². The van der Waals surface area contributed by atoms with E-state index < -0.39 is 9.84 Å². The summed E-state index contributed by atoms with van der Waals surface area (Å²) in [4.78, 5) is 15.0. The lowest BCUT2D eigenvalue weighted by atomic mass is 10.1. The average molecular weight is 365 g/mol. The number of carbonyl (C=O) groups is 1. The van der Waals surface area contributed by atoms with Gasteiger partial charge in [-0.2, -0.15) is 0 Å². The highest BCUT2D eigenvalue weighted by atomic mass is 32.2. The molecule has 1 saturated carbocycles. The van der Waals surface area contributed by atoms with Gasteiger partial charge in [0.25, 0.3) is 0 Å². The van der Waals surface area contributed by atoms with Gasteiger partial charge < -0.3 is 9.32 Å². The van der Waals surface area contributed by atoms with Crippen LogP contribution in [0.2, 0.25) is 0 Å². The van der Waals surface area contributed by atoms with Gasteiger partial charge in [-0.3, -0.25) is 4.79 Å². The van der Waals surface area contributed by atoms with Crippen LogP contribution >= 0.6 is 0 Å². The van der Waals surface area contributed by atoms with Crippen molar-refractivity contribution < 1.29 is 17.6 Å². The molecule has 3 rings (SSSR count). The SMILES string of the molecule is CC(C)=CC1C(C(=O)N(Cc2ccco2)C2CCS(=O)(=O)C2)C1(C)C. The molecule has 2 fully saturated rings. The summed E-state index contributed by atoms with van der Waals surface area (Å²) in [7, 11) is -3.06. The first-order valence-corrected chi connectivity index (χ1v) is 10.6. The molecule has 1 aliphatic carbocycles. The number of furan rings is 1. The van der Waals surface area contributed by atoms with E-state index in [0.717, 1.165) is 0 Å². The number of allylic oxidation sites excluding steroid dienone is 2. The van der Waals surface area contributed by atoms with Crippen LogP contribution in [0.3, 0.4) is 0 Å². The quantitative estimate of drug-likeness (QED) is 0.752. The lowest BCUT2D eigenvalue weighted by Gasteiger charge is -2.28. The topological polar surface area (TPSA) is 67.6 Å². The number of hydrogen-bond acceptors (Lipinski definition) is 4. The van der Waals surface area contributed by atoms with Gasteiger partial charge in [0.1, 0.15) is 5.76 Å². The summed E-state index contributed by atoms with van der Waals surface area (Å²) in [5.74, 6) is 1.06. The third-order valence-electron chi connectivity index (χ3n) is 5.53. The Bertz CT molecular complexity index is 772. The smallest absolute Gasteiger partial charge is 0.227 e. The summed E-state index contributed by atoms with van der Waals surface area (Å²) in [6.45, 7) is 8.63. The highest BCUT2D eigenvalue weighted by Crippen LogP contribution is 2.60. The molecular formula is C19H27NO4S. The van der Waals surface area contributed by atoms with Gasteiger partial charge >= 0.3 is 0 Å². The molecule has 6 heteroatoms. The first kappa shape index (κ1) is 18.2. The van der Waals surface area contributed by atoms with E-state index >= 15 is 0 Å². The van der Waals surface area contributed by atoms with Crippen molar-refractivity contribution in [1.29, 1.82) is 0 Å². The Balaban J connectivity index is 1.84. The molecule has 3 atom stereocenters. The van der Waals surface area contributed by atoms with Crippen molar-refractivity contribution in [3.8, 4) is 0 Å². The van der Waals surface area contributed by atoms with E-state index in [2.05, 4.69) is 19.9 Å². The van der Waals surface area contributed by atoms with Crippen LogP contribution < -0.4 is 0 Å². The minimum atomic E-state index is -3.06. The van der Waals surface area contributed by atoms with Crippen molar-refractivity contribution in [3.05, 3.63) is 35.8 Å². The Labute approximate surface area is 150 Å². The Morgan fingerprint density at radius 3 is 2.64 bits per heavy atom. The number of rotatable bonds is 5. The molecule has 2 heterocycles. The zero-order valence-corrected chi connectivity index (χ0v) is 16.2. The van der Waals surface area contributed by atoms with Gasteiger partial charge in [-0.1, -0.05) is 25.5 Å². The Morgan fingerprint density at radius 1 is 1.40 bits per heavy atom. The molecule has 2 aliphatic rings. The number of hydrogen-bond donors (Lipinski definition) is 0. The normalized spacial score (nSPS) is 29.2. The largest absolute Gasteiger partial charge is 0.467 e. The molecule has 1 aliphatic heterocycles. The summed E-state index contributed by atoms with van der Waals surface area (Å²) in [5, 5.41) is 0. The Hall–Kier alpha value is -1.56. The van der Waals surface area contributed by atoms with Crippen molar-refractivity contribution >= 4 is 15.7 Å². The standard InChI is InChI=1S/C19H27NO4S/c1-13(2)10-16-17(19(16,3)4)18(21)20(11-15-6-5-8-24-15)14-7-9-25(22,23)12-14/h5-6,8,10,14,16-17H,7,9,11-12H2,1-4H3. The van der Waals surface area contributed by atoms with Crippen LogP contribution in [0, 0.1) is 17.3 Å². The Kier molecular flexibility index (Phi) is 4.60. The maximum absolute atomic E-state index is 13.3. The lowest BCUT2D eigenvalue weighted by molar-refractivity contribution is -0.136. The molecule has 1 aromatic rings. The molecule has 0 radical (unpaired) electrons. The Morgan fingerprint density at radius 2 is 2.12 bits per heavy atom. The number of sulfone groups is 1. The number of nitrogens with zero attached hydrogens (tertiary/aromatic N) is 1. The lowest BCUT2D eigenvalue weighted by Crippen LogP contribution is -2.42. The maximum atomic E-state index is 13.3.